The second-order valence-electron chi connectivity index (χ2n) is 6.92. The molecule has 1 aliphatic carbocycles. The molecule has 0 radical (unpaired) electrons. The molecule has 1 heterocycles. The molecule has 1 saturated carbocycles. The first-order valence-electron chi connectivity index (χ1n) is 7.92. The van der Waals surface area contributed by atoms with Crippen molar-refractivity contribution in [2.24, 2.45) is 5.92 Å². The van der Waals surface area contributed by atoms with E-state index in [1.807, 2.05) is 12.1 Å². The quantitative estimate of drug-likeness (QED) is 0.758. The molecule has 5 heteroatoms. The van der Waals surface area contributed by atoms with E-state index in [1.165, 1.54) is 5.01 Å². The average Bonchev–Trinajstić information content (AvgIpc) is 2.88. The lowest BCUT2D eigenvalue weighted by Gasteiger charge is -2.25. The van der Waals surface area contributed by atoms with Crippen LogP contribution in [0.3, 0.4) is 0 Å². The molecule has 0 amide bonds. The Bertz CT molecular complexity index is 667. The van der Waals surface area contributed by atoms with Crippen molar-refractivity contribution in [1.29, 1.82) is 0 Å². The fraction of sp³-hybridized carbons (Fsp3) is 0.588. The van der Waals surface area contributed by atoms with Gasteiger partial charge in [-0.2, -0.15) is 0 Å². The van der Waals surface area contributed by atoms with Crippen LogP contribution < -0.4 is 5.73 Å². The summed E-state index contributed by atoms with van der Waals surface area (Å²) < 4.78 is 1.09. The van der Waals surface area contributed by atoms with Gasteiger partial charge in [-0.25, -0.2) is 4.98 Å². The van der Waals surface area contributed by atoms with Gasteiger partial charge in [-0.3, -0.25) is 0 Å². The Balaban J connectivity index is 1.90. The molecule has 0 atom stereocenters. The maximum atomic E-state index is 10.2. The van der Waals surface area contributed by atoms with E-state index < -0.39 is 5.60 Å². The zero-order valence-corrected chi connectivity index (χ0v) is 14.0. The third kappa shape index (κ3) is 2.98. The summed E-state index contributed by atoms with van der Waals surface area (Å²) >= 11 is 1.71. The molecular formula is C17H24N2O2S. The first kappa shape index (κ1) is 15.7. The number of rotatable bonds is 3. The number of fused-ring (bicyclic) bond motifs is 1. The molecule has 0 bridgehead atoms. The van der Waals surface area contributed by atoms with E-state index in [0.717, 1.165) is 41.5 Å². The monoisotopic (exact) mass is 320 g/mol. The maximum Gasteiger partial charge on any atom is 0.0969 e. The fourth-order valence-electron chi connectivity index (χ4n) is 3.30. The second kappa shape index (κ2) is 5.80. The van der Waals surface area contributed by atoms with Crippen LogP contribution in [0.4, 0.5) is 5.69 Å². The van der Waals surface area contributed by atoms with Crippen LogP contribution in [0.2, 0.25) is 0 Å². The number of hydrogen-bond donors (Lipinski definition) is 3. The number of hydrogen-bond acceptors (Lipinski definition) is 5. The van der Waals surface area contributed by atoms with Crippen LogP contribution >= 0.6 is 11.3 Å². The summed E-state index contributed by atoms with van der Waals surface area (Å²) in [5.74, 6) is 0.954. The molecule has 4 N–H and O–H groups in total. The molecule has 1 fully saturated rings. The molecule has 1 aromatic carbocycles. The molecule has 22 heavy (non-hydrogen) atoms. The minimum Gasteiger partial charge on any atom is -0.398 e. The molecule has 0 saturated heterocycles. The highest BCUT2D eigenvalue weighted by atomic mass is 32.1. The lowest BCUT2D eigenvalue weighted by atomic mass is 9.83. The molecule has 120 valence electrons. The number of nitrogens with two attached hydrogens (primary N) is 1. The summed E-state index contributed by atoms with van der Waals surface area (Å²) in [5, 5.41) is 20.6. The number of aliphatic hydroxyl groups is 2. The highest BCUT2D eigenvalue weighted by molar-refractivity contribution is 7.18. The third-order valence-electron chi connectivity index (χ3n) is 4.69. The number of aliphatic hydroxyl groups excluding tert-OH is 1. The van der Waals surface area contributed by atoms with Crippen molar-refractivity contribution in [3.05, 3.63) is 22.7 Å². The van der Waals surface area contributed by atoms with E-state index in [0.29, 0.717) is 24.1 Å². The van der Waals surface area contributed by atoms with Gasteiger partial charge in [0.1, 0.15) is 0 Å². The summed E-state index contributed by atoms with van der Waals surface area (Å²) in [6.45, 7) is 3.79. The Morgan fingerprint density at radius 3 is 2.55 bits per heavy atom. The summed E-state index contributed by atoms with van der Waals surface area (Å²) in [7, 11) is 0. The Hall–Kier alpha value is -1.17. The minimum atomic E-state index is -0.957. The third-order valence-corrected chi connectivity index (χ3v) is 5.87. The summed E-state index contributed by atoms with van der Waals surface area (Å²) in [6.07, 6.45) is 4.35. The highest BCUT2D eigenvalue weighted by Crippen LogP contribution is 2.40. The smallest absolute Gasteiger partial charge is 0.0969 e. The summed E-state index contributed by atoms with van der Waals surface area (Å²) in [4.78, 5) is 4.79. The van der Waals surface area contributed by atoms with E-state index in [9.17, 15) is 10.2 Å². The van der Waals surface area contributed by atoms with Gasteiger partial charge in [-0.15, -0.1) is 11.3 Å². The molecule has 4 nitrogen and oxygen atoms in total. The number of thiazole rings is 1. The van der Waals surface area contributed by atoms with Crippen LogP contribution in [0, 0.1) is 5.92 Å². The van der Waals surface area contributed by atoms with Crippen molar-refractivity contribution in [3.63, 3.8) is 0 Å². The van der Waals surface area contributed by atoms with E-state index in [4.69, 9.17) is 10.7 Å². The van der Waals surface area contributed by atoms with Crippen molar-refractivity contribution >= 4 is 27.2 Å². The zero-order valence-electron chi connectivity index (χ0n) is 13.2. The predicted octanol–water partition coefficient (Wildman–Crippen LogP) is 3.37. The van der Waals surface area contributed by atoms with E-state index in [-0.39, 0.29) is 0 Å². The van der Waals surface area contributed by atoms with Gasteiger partial charge in [0, 0.05) is 23.8 Å². The largest absolute Gasteiger partial charge is 0.398 e. The van der Waals surface area contributed by atoms with Crippen molar-refractivity contribution in [1.82, 2.24) is 4.98 Å². The highest BCUT2D eigenvalue weighted by Gasteiger charge is 2.25. The van der Waals surface area contributed by atoms with E-state index >= 15 is 0 Å². The van der Waals surface area contributed by atoms with E-state index in [2.05, 4.69) is 0 Å². The molecule has 0 unspecified atom stereocenters. The topological polar surface area (TPSA) is 79.4 Å². The Morgan fingerprint density at radius 2 is 1.95 bits per heavy atom. The Labute approximate surface area is 135 Å². The number of nitrogen functional groups attached to an aromatic ring is 1. The van der Waals surface area contributed by atoms with Gasteiger partial charge in [0.2, 0.25) is 0 Å². The van der Waals surface area contributed by atoms with Gasteiger partial charge >= 0.3 is 0 Å². The van der Waals surface area contributed by atoms with Gasteiger partial charge < -0.3 is 15.9 Å². The molecular weight excluding hydrogens is 296 g/mol. The van der Waals surface area contributed by atoms with Crippen LogP contribution in [-0.4, -0.2) is 21.8 Å². The van der Waals surface area contributed by atoms with Gasteiger partial charge in [0.05, 0.1) is 20.8 Å². The Morgan fingerprint density at radius 1 is 1.27 bits per heavy atom. The van der Waals surface area contributed by atoms with Gasteiger partial charge in [-0.1, -0.05) is 0 Å². The second-order valence-corrected chi connectivity index (χ2v) is 7.98. The molecule has 0 aliphatic heterocycles. The van der Waals surface area contributed by atoms with Crippen LogP contribution in [-0.2, 0) is 5.60 Å². The number of aromatic nitrogens is 1. The van der Waals surface area contributed by atoms with Crippen LogP contribution in [0.5, 0.6) is 0 Å². The molecule has 1 aliphatic rings. The van der Waals surface area contributed by atoms with E-state index in [1.54, 1.807) is 25.2 Å². The van der Waals surface area contributed by atoms with Gasteiger partial charge in [0.15, 0.2) is 0 Å². The molecule has 3 rings (SSSR count). The van der Waals surface area contributed by atoms with Crippen LogP contribution in [0.25, 0.3) is 10.2 Å². The number of anilines is 1. The number of benzene rings is 1. The van der Waals surface area contributed by atoms with Crippen molar-refractivity contribution in [2.45, 2.75) is 51.0 Å². The van der Waals surface area contributed by atoms with Crippen molar-refractivity contribution < 1.29 is 10.2 Å². The molecule has 1 aromatic heterocycles. The minimum absolute atomic E-state index is 0.304. The van der Waals surface area contributed by atoms with Crippen LogP contribution in [0.15, 0.2) is 12.1 Å². The average molecular weight is 320 g/mol. The normalized spacial score (nSPS) is 23.1. The lowest BCUT2D eigenvalue weighted by molar-refractivity contribution is 0.0795. The summed E-state index contributed by atoms with van der Waals surface area (Å²) in [6, 6.07) is 3.85. The fourth-order valence-corrected chi connectivity index (χ4v) is 4.47. The molecule has 0 spiro atoms. The number of nitrogens with zero attached hydrogens (tertiary/aromatic N) is 1. The Kier molecular flexibility index (Phi) is 4.14. The zero-order chi connectivity index (χ0) is 15.9. The van der Waals surface area contributed by atoms with Gasteiger partial charge in [-0.05, 0) is 57.6 Å². The lowest BCUT2D eigenvalue weighted by Crippen LogP contribution is -2.17. The standard InChI is InChI=1S/C17H24N2O2S/c1-17(2,21)12-7-14-15(8-13(12)18)22-16(19-14)11-5-3-10(9-20)4-6-11/h7-8,10-11,20-21H,3-6,9,18H2,1-2H3. The van der Waals surface area contributed by atoms with Crippen molar-refractivity contribution in [3.8, 4) is 0 Å². The van der Waals surface area contributed by atoms with Crippen molar-refractivity contribution in [2.75, 3.05) is 12.3 Å². The van der Waals surface area contributed by atoms with Crippen LogP contribution in [0.1, 0.15) is 56.0 Å². The predicted molar refractivity (Wildman–Crippen MR) is 91.1 cm³/mol. The maximum absolute atomic E-state index is 10.2. The summed E-state index contributed by atoms with van der Waals surface area (Å²) in [5.41, 5.74) is 7.42. The first-order valence-corrected chi connectivity index (χ1v) is 8.74. The first-order chi connectivity index (χ1) is 10.4. The molecule has 2 aromatic rings. The van der Waals surface area contributed by atoms with Gasteiger partial charge in [0.25, 0.3) is 0 Å². The SMILES string of the molecule is CC(C)(O)c1cc2nc(C3CCC(CO)CC3)sc2cc1N.